The number of pyridine rings is 1. The molecule has 4 nitrogen and oxygen atoms in total. The Morgan fingerprint density at radius 2 is 2.20 bits per heavy atom. The van der Waals surface area contributed by atoms with E-state index < -0.39 is 0 Å². The zero-order valence-corrected chi connectivity index (χ0v) is 12.5. The van der Waals surface area contributed by atoms with Crippen molar-refractivity contribution in [2.75, 3.05) is 0 Å². The predicted molar refractivity (Wildman–Crippen MR) is 81.0 cm³/mol. The second-order valence-electron chi connectivity index (χ2n) is 4.80. The maximum Gasteiger partial charge on any atom is 0.253 e. The van der Waals surface area contributed by atoms with Gasteiger partial charge < -0.3 is 10.3 Å². The summed E-state index contributed by atoms with van der Waals surface area (Å²) in [5, 5.41) is 4.81. The Labute approximate surface area is 121 Å². The van der Waals surface area contributed by atoms with Gasteiger partial charge in [0.2, 0.25) is 5.91 Å². The summed E-state index contributed by atoms with van der Waals surface area (Å²) in [5.41, 5.74) is 2.24. The fourth-order valence-electron chi connectivity index (χ4n) is 2.07. The number of carbonyl (C=O) groups excluding carboxylic acids is 1. The lowest BCUT2D eigenvalue weighted by Crippen LogP contribution is -2.28. The van der Waals surface area contributed by atoms with Crippen molar-refractivity contribution < 1.29 is 4.79 Å². The molecule has 0 fully saturated rings. The van der Waals surface area contributed by atoms with E-state index in [9.17, 15) is 9.59 Å². The summed E-state index contributed by atoms with van der Waals surface area (Å²) in [5.74, 6) is -0.0298. The van der Waals surface area contributed by atoms with Crippen molar-refractivity contribution in [3.63, 3.8) is 0 Å². The molecular formula is C15H18N2O2S. The van der Waals surface area contributed by atoms with E-state index in [0.717, 1.165) is 17.7 Å². The lowest BCUT2D eigenvalue weighted by molar-refractivity contribution is -0.121. The number of aryl methyl sites for hydroxylation is 3. The molecule has 20 heavy (non-hydrogen) atoms. The predicted octanol–water partition coefficient (Wildman–Crippen LogP) is 2.30. The molecule has 2 heterocycles. The number of nitrogens with one attached hydrogen (secondary N) is 2. The first-order chi connectivity index (χ1) is 9.56. The Morgan fingerprint density at radius 3 is 2.85 bits per heavy atom. The van der Waals surface area contributed by atoms with Crippen LogP contribution in [0.15, 0.2) is 28.4 Å². The Bertz CT molecular complexity index is 644. The van der Waals surface area contributed by atoms with Crippen molar-refractivity contribution in [3.8, 4) is 0 Å². The van der Waals surface area contributed by atoms with Gasteiger partial charge in [0.1, 0.15) is 0 Å². The highest BCUT2D eigenvalue weighted by Crippen LogP contribution is 2.10. The Balaban J connectivity index is 1.89. The molecule has 0 saturated carbocycles. The minimum absolute atomic E-state index is 0.0298. The largest absolute Gasteiger partial charge is 0.352 e. The molecule has 0 atom stereocenters. The van der Waals surface area contributed by atoms with E-state index in [-0.39, 0.29) is 18.0 Å². The number of H-pyrrole nitrogens is 1. The number of rotatable bonds is 5. The van der Waals surface area contributed by atoms with Gasteiger partial charge in [0.15, 0.2) is 0 Å². The number of thiophene rings is 1. The molecule has 0 spiro atoms. The molecule has 0 bridgehead atoms. The molecule has 0 aliphatic heterocycles. The molecule has 1 amide bonds. The molecule has 2 N–H and O–H groups in total. The highest BCUT2D eigenvalue weighted by atomic mass is 32.1. The maximum absolute atomic E-state index is 11.8. The maximum atomic E-state index is 11.8. The monoisotopic (exact) mass is 290 g/mol. The van der Waals surface area contributed by atoms with E-state index in [0.29, 0.717) is 12.0 Å². The van der Waals surface area contributed by atoms with Gasteiger partial charge in [0.05, 0.1) is 0 Å². The summed E-state index contributed by atoms with van der Waals surface area (Å²) >= 11 is 1.65. The molecule has 0 aliphatic carbocycles. The molecule has 2 aromatic rings. The van der Waals surface area contributed by atoms with Crippen LogP contribution in [-0.2, 0) is 17.8 Å². The van der Waals surface area contributed by atoms with Crippen LogP contribution >= 0.6 is 11.3 Å². The molecule has 0 unspecified atom stereocenters. The Morgan fingerprint density at radius 1 is 1.40 bits per heavy atom. The summed E-state index contributed by atoms with van der Waals surface area (Å²) in [6, 6.07) is 5.91. The van der Waals surface area contributed by atoms with Gasteiger partial charge in [0.25, 0.3) is 5.56 Å². The lowest BCUT2D eigenvalue weighted by Gasteiger charge is -2.08. The van der Waals surface area contributed by atoms with Gasteiger partial charge in [-0.3, -0.25) is 9.59 Å². The van der Waals surface area contributed by atoms with Gasteiger partial charge in [-0.1, -0.05) is 6.07 Å². The topological polar surface area (TPSA) is 62.0 Å². The van der Waals surface area contributed by atoms with Gasteiger partial charge in [-0.15, -0.1) is 11.3 Å². The third kappa shape index (κ3) is 3.81. The van der Waals surface area contributed by atoms with Crippen molar-refractivity contribution in [2.24, 2.45) is 0 Å². The smallest absolute Gasteiger partial charge is 0.253 e. The lowest BCUT2D eigenvalue weighted by atomic mass is 10.1. The molecule has 2 aromatic heterocycles. The second kappa shape index (κ2) is 6.52. The Kier molecular flexibility index (Phi) is 4.74. The van der Waals surface area contributed by atoms with E-state index in [1.807, 2.05) is 37.4 Å². The highest BCUT2D eigenvalue weighted by Gasteiger charge is 2.08. The van der Waals surface area contributed by atoms with Crippen molar-refractivity contribution in [1.29, 1.82) is 0 Å². The minimum Gasteiger partial charge on any atom is -0.352 e. The summed E-state index contributed by atoms with van der Waals surface area (Å²) in [4.78, 5) is 27.5. The third-order valence-corrected chi connectivity index (χ3v) is 4.07. The van der Waals surface area contributed by atoms with Gasteiger partial charge in [-0.25, -0.2) is 0 Å². The zero-order chi connectivity index (χ0) is 14.5. The van der Waals surface area contributed by atoms with E-state index in [2.05, 4.69) is 10.3 Å². The summed E-state index contributed by atoms with van der Waals surface area (Å²) < 4.78 is 0. The quantitative estimate of drug-likeness (QED) is 0.887. The van der Waals surface area contributed by atoms with Crippen LogP contribution in [0.25, 0.3) is 0 Å². The van der Waals surface area contributed by atoms with Crippen LogP contribution in [0.3, 0.4) is 0 Å². The van der Waals surface area contributed by atoms with Gasteiger partial charge in [0, 0.05) is 29.1 Å². The van der Waals surface area contributed by atoms with E-state index in [1.54, 1.807) is 11.3 Å². The number of hydrogen-bond donors (Lipinski definition) is 2. The van der Waals surface area contributed by atoms with Gasteiger partial charge >= 0.3 is 0 Å². The first kappa shape index (κ1) is 14.5. The first-order valence-corrected chi connectivity index (χ1v) is 7.42. The highest BCUT2D eigenvalue weighted by molar-refractivity contribution is 7.09. The average Bonchev–Trinajstić information content (AvgIpc) is 2.88. The van der Waals surface area contributed by atoms with Crippen molar-refractivity contribution in [2.45, 2.75) is 33.2 Å². The normalized spacial score (nSPS) is 10.5. The summed E-state index contributed by atoms with van der Waals surface area (Å²) in [6.07, 6.45) is 1.19. The minimum atomic E-state index is -0.124. The van der Waals surface area contributed by atoms with Crippen molar-refractivity contribution in [1.82, 2.24) is 10.3 Å². The van der Waals surface area contributed by atoms with E-state index in [4.69, 9.17) is 0 Å². The van der Waals surface area contributed by atoms with Crippen LogP contribution in [0.4, 0.5) is 0 Å². The van der Waals surface area contributed by atoms with Crippen molar-refractivity contribution in [3.05, 3.63) is 55.6 Å². The van der Waals surface area contributed by atoms with Crippen LogP contribution in [-0.4, -0.2) is 10.9 Å². The molecule has 0 saturated heterocycles. The first-order valence-electron chi connectivity index (χ1n) is 6.54. The van der Waals surface area contributed by atoms with Crippen LogP contribution < -0.4 is 10.9 Å². The third-order valence-electron chi connectivity index (χ3n) is 3.13. The number of hydrogen-bond acceptors (Lipinski definition) is 3. The number of carbonyl (C=O) groups is 1. The van der Waals surface area contributed by atoms with E-state index in [1.165, 1.54) is 4.88 Å². The molecule has 0 aliphatic rings. The van der Waals surface area contributed by atoms with Crippen LogP contribution in [0.5, 0.6) is 0 Å². The van der Waals surface area contributed by atoms with Crippen molar-refractivity contribution >= 4 is 17.2 Å². The van der Waals surface area contributed by atoms with Crippen LogP contribution in [0.1, 0.15) is 28.1 Å². The van der Waals surface area contributed by atoms with Gasteiger partial charge in [-0.05, 0) is 43.3 Å². The van der Waals surface area contributed by atoms with Gasteiger partial charge in [-0.2, -0.15) is 0 Å². The molecule has 0 radical (unpaired) electrons. The van der Waals surface area contributed by atoms with E-state index >= 15 is 0 Å². The second-order valence-corrected chi connectivity index (χ2v) is 5.83. The molecule has 0 aromatic carbocycles. The van der Waals surface area contributed by atoms with Crippen LogP contribution in [0, 0.1) is 13.8 Å². The SMILES string of the molecule is Cc1cc(C)c(CNC(=O)CCc2cccs2)c(=O)[nH]1. The van der Waals surface area contributed by atoms with Crippen LogP contribution in [0.2, 0.25) is 0 Å². The average molecular weight is 290 g/mol. The number of aromatic nitrogens is 1. The summed E-state index contributed by atoms with van der Waals surface area (Å²) in [6.45, 7) is 4.01. The fraction of sp³-hybridized carbons (Fsp3) is 0.333. The molecular weight excluding hydrogens is 272 g/mol. The zero-order valence-electron chi connectivity index (χ0n) is 11.7. The molecule has 106 valence electrons. The molecule has 5 heteroatoms. The number of aromatic amines is 1. The number of amides is 1. The Hall–Kier alpha value is -1.88. The fourth-order valence-corrected chi connectivity index (χ4v) is 2.78. The molecule has 2 rings (SSSR count). The summed E-state index contributed by atoms with van der Waals surface area (Å²) in [7, 11) is 0. The standard InChI is InChI=1S/C15H18N2O2S/c1-10-8-11(2)17-15(19)13(10)9-16-14(18)6-5-12-4-3-7-20-12/h3-4,7-8H,5-6,9H2,1-2H3,(H,16,18)(H,17,19).